The third kappa shape index (κ3) is 4.92. The van der Waals surface area contributed by atoms with Crippen molar-refractivity contribution in [3.05, 3.63) is 54.2 Å². The number of carboxylic acid groups (broad SMARTS) is 1. The maximum Gasteiger partial charge on any atom is 0.573 e. The first-order valence-electron chi connectivity index (χ1n) is 8.19. The summed E-state index contributed by atoms with van der Waals surface area (Å²) in [5.41, 5.74) is 1.09. The monoisotopic (exact) mass is 405 g/mol. The minimum atomic E-state index is -4.89. The third-order valence-electron chi connectivity index (χ3n) is 3.78. The number of nitrogens with zero attached hydrogens (tertiary/aromatic N) is 1. The van der Waals surface area contributed by atoms with Crippen LogP contribution in [0.5, 0.6) is 5.75 Å². The van der Waals surface area contributed by atoms with E-state index in [1.54, 1.807) is 24.3 Å². The van der Waals surface area contributed by atoms with Crippen molar-refractivity contribution in [3.8, 4) is 5.75 Å². The molecule has 0 fully saturated rings. The van der Waals surface area contributed by atoms with E-state index in [0.717, 1.165) is 18.3 Å². The number of carbonyl (C=O) groups is 2. The van der Waals surface area contributed by atoms with E-state index in [2.05, 4.69) is 20.4 Å². The number of ether oxygens (including phenoxy) is 1. The Labute approximate surface area is 162 Å². The van der Waals surface area contributed by atoms with Crippen LogP contribution in [0.2, 0.25) is 0 Å². The van der Waals surface area contributed by atoms with E-state index in [4.69, 9.17) is 0 Å². The molecule has 3 N–H and O–H groups in total. The molecule has 29 heavy (non-hydrogen) atoms. The van der Waals surface area contributed by atoms with Gasteiger partial charge in [-0.3, -0.25) is 9.78 Å². The zero-order valence-corrected chi connectivity index (χ0v) is 14.9. The predicted octanol–water partition coefficient (Wildman–Crippen LogP) is 4.53. The summed E-state index contributed by atoms with van der Waals surface area (Å²) in [4.78, 5) is 26.7. The van der Waals surface area contributed by atoms with Gasteiger partial charge in [0.15, 0.2) is 0 Å². The second-order valence-corrected chi connectivity index (χ2v) is 5.96. The molecular formula is C19H14F3N3O4. The van der Waals surface area contributed by atoms with Crippen LogP contribution in [0.3, 0.4) is 0 Å². The summed E-state index contributed by atoms with van der Waals surface area (Å²) >= 11 is 0. The first kappa shape index (κ1) is 19.9. The first-order valence-corrected chi connectivity index (χ1v) is 8.19. The summed E-state index contributed by atoms with van der Waals surface area (Å²) in [5.74, 6) is -2.06. The van der Waals surface area contributed by atoms with E-state index in [9.17, 15) is 27.9 Å². The fourth-order valence-electron chi connectivity index (χ4n) is 2.65. The van der Waals surface area contributed by atoms with Crippen molar-refractivity contribution in [2.75, 3.05) is 10.6 Å². The van der Waals surface area contributed by atoms with Crippen LogP contribution in [0.1, 0.15) is 17.3 Å². The highest BCUT2D eigenvalue weighted by atomic mass is 19.4. The number of carbonyl (C=O) groups excluding carboxylic acids is 1. The molecule has 150 valence electrons. The molecule has 0 saturated heterocycles. The van der Waals surface area contributed by atoms with Crippen LogP contribution in [0, 0.1) is 0 Å². The van der Waals surface area contributed by atoms with E-state index >= 15 is 0 Å². The Kier molecular flexibility index (Phi) is 5.26. The topological polar surface area (TPSA) is 101 Å². The van der Waals surface area contributed by atoms with Gasteiger partial charge in [0.1, 0.15) is 11.3 Å². The lowest BCUT2D eigenvalue weighted by atomic mass is 10.1. The number of amides is 1. The Morgan fingerprint density at radius 3 is 2.31 bits per heavy atom. The molecule has 3 aromatic rings. The van der Waals surface area contributed by atoms with Gasteiger partial charge < -0.3 is 20.5 Å². The number of nitrogens with one attached hydrogen (secondary N) is 2. The second-order valence-electron chi connectivity index (χ2n) is 5.96. The van der Waals surface area contributed by atoms with Crippen LogP contribution in [0.15, 0.2) is 48.7 Å². The minimum absolute atomic E-state index is 0.0578. The molecule has 1 heterocycles. The van der Waals surface area contributed by atoms with Gasteiger partial charge in [0, 0.05) is 29.9 Å². The SMILES string of the molecule is CC(=O)Nc1ccc(Nc2c(C(=O)O)cnc3ccc(OC(F)(F)F)cc23)cc1. The average molecular weight is 405 g/mol. The first-order chi connectivity index (χ1) is 13.6. The Morgan fingerprint density at radius 2 is 1.72 bits per heavy atom. The van der Waals surface area contributed by atoms with E-state index < -0.39 is 18.1 Å². The predicted molar refractivity (Wildman–Crippen MR) is 99.4 cm³/mol. The number of hydrogen-bond acceptors (Lipinski definition) is 5. The van der Waals surface area contributed by atoms with E-state index in [0.29, 0.717) is 11.4 Å². The minimum Gasteiger partial charge on any atom is -0.478 e. The van der Waals surface area contributed by atoms with E-state index in [1.807, 2.05) is 0 Å². The molecule has 3 rings (SSSR count). The highest BCUT2D eigenvalue weighted by Crippen LogP contribution is 2.33. The zero-order valence-electron chi connectivity index (χ0n) is 14.9. The summed E-state index contributed by atoms with van der Waals surface area (Å²) in [5, 5.41) is 15.1. The van der Waals surface area contributed by atoms with Gasteiger partial charge in [-0.05, 0) is 42.5 Å². The van der Waals surface area contributed by atoms with Crippen LogP contribution in [-0.4, -0.2) is 28.3 Å². The molecule has 2 aromatic carbocycles. The molecule has 10 heteroatoms. The van der Waals surface area contributed by atoms with Crippen LogP contribution in [0.4, 0.5) is 30.2 Å². The molecule has 0 aliphatic heterocycles. The lowest BCUT2D eigenvalue weighted by molar-refractivity contribution is -0.274. The zero-order chi connectivity index (χ0) is 21.2. The van der Waals surface area contributed by atoms with Crippen molar-refractivity contribution in [2.24, 2.45) is 0 Å². The average Bonchev–Trinajstić information content (AvgIpc) is 2.61. The standard InChI is InChI=1S/C19H14F3N3O4/c1-10(26)24-11-2-4-12(5-3-11)25-17-14-8-13(29-19(20,21)22)6-7-16(14)23-9-15(17)18(27)28/h2-9H,1H3,(H,23,25)(H,24,26)(H,27,28). The summed E-state index contributed by atoms with van der Waals surface area (Å²) in [6.07, 6.45) is -3.78. The molecule has 0 radical (unpaired) electrons. The molecule has 7 nitrogen and oxygen atoms in total. The molecule has 1 aromatic heterocycles. The van der Waals surface area contributed by atoms with Crippen molar-refractivity contribution < 1.29 is 32.6 Å². The van der Waals surface area contributed by atoms with Crippen molar-refractivity contribution in [3.63, 3.8) is 0 Å². The summed E-state index contributed by atoms with van der Waals surface area (Å²) in [6.45, 7) is 1.36. The van der Waals surface area contributed by atoms with Crippen LogP contribution in [0.25, 0.3) is 10.9 Å². The fourth-order valence-corrected chi connectivity index (χ4v) is 2.65. The van der Waals surface area contributed by atoms with E-state index in [1.165, 1.54) is 13.0 Å². The summed E-state index contributed by atoms with van der Waals surface area (Å²) in [7, 11) is 0. The van der Waals surface area contributed by atoms with Gasteiger partial charge in [-0.25, -0.2) is 4.79 Å². The van der Waals surface area contributed by atoms with Crippen LogP contribution < -0.4 is 15.4 Å². The normalized spacial score (nSPS) is 11.2. The number of aromatic nitrogens is 1. The Morgan fingerprint density at radius 1 is 1.07 bits per heavy atom. The Bertz CT molecular complexity index is 1080. The van der Waals surface area contributed by atoms with Gasteiger partial charge in [-0.2, -0.15) is 0 Å². The number of pyridine rings is 1. The maximum atomic E-state index is 12.5. The van der Waals surface area contributed by atoms with Crippen LogP contribution >= 0.6 is 0 Å². The Balaban J connectivity index is 2.05. The summed E-state index contributed by atoms with van der Waals surface area (Å²) in [6, 6.07) is 9.80. The lowest BCUT2D eigenvalue weighted by Gasteiger charge is -2.15. The number of rotatable bonds is 5. The number of benzene rings is 2. The van der Waals surface area contributed by atoms with Gasteiger partial charge >= 0.3 is 12.3 Å². The number of hydrogen-bond donors (Lipinski definition) is 3. The van der Waals surface area contributed by atoms with Gasteiger partial charge in [-0.15, -0.1) is 13.2 Å². The van der Waals surface area contributed by atoms with Gasteiger partial charge in [0.2, 0.25) is 5.91 Å². The molecule has 0 unspecified atom stereocenters. The molecule has 1 amide bonds. The largest absolute Gasteiger partial charge is 0.573 e. The lowest BCUT2D eigenvalue weighted by Crippen LogP contribution is -2.17. The van der Waals surface area contributed by atoms with Gasteiger partial charge in [-0.1, -0.05) is 0 Å². The van der Waals surface area contributed by atoms with E-state index in [-0.39, 0.29) is 28.1 Å². The number of halogens is 3. The molecule has 0 atom stereocenters. The smallest absolute Gasteiger partial charge is 0.478 e. The highest BCUT2D eigenvalue weighted by Gasteiger charge is 2.31. The van der Waals surface area contributed by atoms with Crippen molar-refractivity contribution in [1.29, 1.82) is 0 Å². The third-order valence-corrected chi connectivity index (χ3v) is 3.78. The number of anilines is 3. The summed E-state index contributed by atoms with van der Waals surface area (Å²) < 4.78 is 41.6. The van der Waals surface area contributed by atoms with Crippen LogP contribution in [-0.2, 0) is 4.79 Å². The fraction of sp³-hybridized carbons (Fsp3) is 0.105. The number of aromatic carboxylic acids is 1. The number of alkyl halides is 3. The molecule has 0 aliphatic rings. The number of carboxylic acids is 1. The maximum absolute atomic E-state index is 12.5. The molecule has 0 spiro atoms. The highest BCUT2D eigenvalue weighted by molar-refractivity contribution is 6.05. The van der Waals surface area contributed by atoms with Crippen molar-refractivity contribution >= 4 is 39.8 Å². The second kappa shape index (κ2) is 7.66. The van der Waals surface area contributed by atoms with Crippen molar-refractivity contribution in [1.82, 2.24) is 4.98 Å². The molecule has 0 aliphatic carbocycles. The Hall–Kier alpha value is -3.82. The van der Waals surface area contributed by atoms with Gasteiger partial charge in [0.25, 0.3) is 0 Å². The number of fused-ring (bicyclic) bond motifs is 1. The molecule has 0 bridgehead atoms. The van der Waals surface area contributed by atoms with Gasteiger partial charge in [0.05, 0.1) is 11.2 Å². The molecule has 0 saturated carbocycles. The quantitative estimate of drug-likeness (QED) is 0.577. The molecular weight excluding hydrogens is 391 g/mol. The van der Waals surface area contributed by atoms with Crippen molar-refractivity contribution in [2.45, 2.75) is 13.3 Å².